The maximum atomic E-state index is 5.67. The van der Waals surface area contributed by atoms with Crippen LogP contribution < -0.4 is 16.4 Å². The van der Waals surface area contributed by atoms with E-state index in [0.29, 0.717) is 0 Å². The van der Waals surface area contributed by atoms with Crippen LogP contribution in [0.4, 0.5) is 11.4 Å². The Morgan fingerprint density at radius 2 is 1.93 bits per heavy atom. The maximum absolute atomic E-state index is 5.67. The zero-order valence-electron chi connectivity index (χ0n) is 7.75. The first-order valence-electron chi connectivity index (χ1n) is 4.19. The molecule has 0 saturated carbocycles. The van der Waals surface area contributed by atoms with Crippen LogP contribution >= 0.6 is 24.8 Å². The third-order valence-electron chi connectivity index (χ3n) is 2.07. The van der Waals surface area contributed by atoms with Crippen molar-refractivity contribution in [2.75, 3.05) is 24.1 Å². The fourth-order valence-corrected chi connectivity index (χ4v) is 1.42. The molecule has 80 valence electrons. The van der Waals surface area contributed by atoms with E-state index in [1.54, 1.807) is 0 Å². The van der Waals surface area contributed by atoms with Crippen molar-refractivity contribution >= 4 is 36.2 Å². The molecule has 1 heterocycles. The predicted octanol–water partition coefficient (Wildman–Crippen LogP) is 1.63. The van der Waals surface area contributed by atoms with Crippen molar-refractivity contribution in [1.82, 2.24) is 5.32 Å². The van der Waals surface area contributed by atoms with Gasteiger partial charge in [0.15, 0.2) is 0 Å². The first kappa shape index (κ1) is 13.4. The van der Waals surface area contributed by atoms with Crippen molar-refractivity contribution in [3.63, 3.8) is 0 Å². The summed E-state index contributed by atoms with van der Waals surface area (Å²) in [7, 11) is 0. The quantitative estimate of drug-likeness (QED) is 0.600. The van der Waals surface area contributed by atoms with Gasteiger partial charge in [0.2, 0.25) is 0 Å². The molecule has 0 aliphatic carbocycles. The van der Waals surface area contributed by atoms with Gasteiger partial charge in [0, 0.05) is 31.0 Å². The third-order valence-corrected chi connectivity index (χ3v) is 2.07. The molecule has 1 aromatic rings. The van der Waals surface area contributed by atoms with E-state index in [1.165, 1.54) is 11.3 Å². The molecule has 3 nitrogen and oxygen atoms in total. The second-order valence-electron chi connectivity index (χ2n) is 3.02. The van der Waals surface area contributed by atoms with Gasteiger partial charge in [-0.25, -0.2) is 0 Å². The van der Waals surface area contributed by atoms with Gasteiger partial charge in [0.25, 0.3) is 0 Å². The highest BCUT2D eigenvalue weighted by Crippen LogP contribution is 2.19. The summed E-state index contributed by atoms with van der Waals surface area (Å²) in [5, 5.41) is 6.64. The summed E-state index contributed by atoms with van der Waals surface area (Å²) in [6.45, 7) is 2.91. The van der Waals surface area contributed by atoms with E-state index >= 15 is 0 Å². The van der Waals surface area contributed by atoms with Crippen LogP contribution in [0.3, 0.4) is 0 Å². The Morgan fingerprint density at radius 1 is 1.14 bits per heavy atom. The predicted molar refractivity (Wildman–Crippen MR) is 65.5 cm³/mol. The second kappa shape index (κ2) is 5.96. The topological polar surface area (TPSA) is 50.1 Å². The minimum atomic E-state index is 0. The van der Waals surface area contributed by atoms with Crippen LogP contribution in [0.2, 0.25) is 0 Å². The van der Waals surface area contributed by atoms with Crippen LogP contribution in [0.1, 0.15) is 5.56 Å². The molecular formula is C9H15Cl2N3. The van der Waals surface area contributed by atoms with E-state index in [0.717, 1.165) is 25.3 Å². The minimum absolute atomic E-state index is 0. The van der Waals surface area contributed by atoms with Crippen LogP contribution in [0.5, 0.6) is 0 Å². The lowest BCUT2D eigenvalue weighted by atomic mass is 10.1. The van der Waals surface area contributed by atoms with Crippen molar-refractivity contribution in [2.24, 2.45) is 0 Å². The zero-order chi connectivity index (χ0) is 8.39. The van der Waals surface area contributed by atoms with E-state index in [2.05, 4.69) is 16.7 Å². The Morgan fingerprint density at radius 3 is 2.71 bits per heavy atom. The van der Waals surface area contributed by atoms with Crippen LogP contribution in [0, 0.1) is 0 Å². The summed E-state index contributed by atoms with van der Waals surface area (Å²) in [6, 6.07) is 5.99. The summed E-state index contributed by atoms with van der Waals surface area (Å²) in [5.41, 5.74) is 8.95. The monoisotopic (exact) mass is 235 g/mol. The molecule has 14 heavy (non-hydrogen) atoms. The Labute approximate surface area is 96.3 Å². The lowest BCUT2D eigenvalue weighted by Gasteiger charge is -2.06. The van der Waals surface area contributed by atoms with Crippen molar-refractivity contribution in [3.05, 3.63) is 23.8 Å². The average Bonchev–Trinajstić information content (AvgIpc) is 2.28. The van der Waals surface area contributed by atoms with Gasteiger partial charge >= 0.3 is 0 Å². The van der Waals surface area contributed by atoms with Gasteiger partial charge < -0.3 is 16.4 Å². The summed E-state index contributed by atoms with van der Waals surface area (Å²) >= 11 is 0. The number of nitrogens with one attached hydrogen (secondary N) is 2. The highest BCUT2D eigenvalue weighted by atomic mass is 35.5. The van der Waals surface area contributed by atoms with Gasteiger partial charge in [-0.3, -0.25) is 0 Å². The van der Waals surface area contributed by atoms with Gasteiger partial charge in [0.1, 0.15) is 0 Å². The fourth-order valence-electron chi connectivity index (χ4n) is 1.42. The van der Waals surface area contributed by atoms with E-state index in [-0.39, 0.29) is 24.8 Å². The molecule has 1 aromatic carbocycles. The summed E-state index contributed by atoms with van der Waals surface area (Å²) < 4.78 is 0. The molecule has 0 unspecified atom stereocenters. The molecule has 1 aliphatic rings. The fraction of sp³-hybridized carbons (Fsp3) is 0.333. The summed E-state index contributed by atoms with van der Waals surface area (Å²) in [6.07, 6.45) is 0. The average molecular weight is 236 g/mol. The molecule has 0 saturated heterocycles. The molecule has 0 aromatic heterocycles. The van der Waals surface area contributed by atoms with Crippen molar-refractivity contribution in [3.8, 4) is 0 Å². The first-order valence-corrected chi connectivity index (χ1v) is 4.19. The smallest absolute Gasteiger partial charge is 0.0406 e. The van der Waals surface area contributed by atoms with Crippen LogP contribution in [0.25, 0.3) is 0 Å². The molecule has 5 heteroatoms. The Kier molecular flexibility index (Phi) is 5.69. The molecule has 0 spiro atoms. The molecule has 0 amide bonds. The highest BCUT2D eigenvalue weighted by molar-refractivity contribution is 5.85. The number of benzene rings is 1. The number of nitrogen functional groups attached to an aromatic ring is 1. The Bertz CT molecular complexity index is 291. The van der Waals surface area contributed by atoms with E-state index in [1.807, 2.05) is 12.1 Å². The SMILES string of the molecule is Cl.Cl.Nc1ccc2c(c1)NCCNC2. The van der Waals surface area contributed by atoms with Crippen LogP contribution in [0.15, 0.2) is 18.2 Å². The van der Waals surface area contributed by atoms with Gasteiger partial charge in [-0.15, -0.1) is 24.8 Å². The van der Waals surface area contributed by atoms with Gasteiger partial charge in [0.05, 0.1) is 0 Å². The molecule has 0 atom stereocenters. The number of nitrogens with two attached hydrogens (primary N) is 1. The minimum Gasteiger partial charge on any atom is -0.399 e. The standard InChI is InChI=1S/C9H13N3.2ClH/c10-8-2-1-7-6-11-3-4-12-9(7)5-8;;/h1-2,5,11-12H,3-4,6,10H2;2*1H. The van der Waals surface area contributed by atoms with Crippen molar-refractivity contribution in [2.45, 2.75) is 6.54 Å². The molecule has 1 aliphatic heterocycles. The molecule has 2 rings (SSSR count). The molecule has 0 radical (unpaired) electrons. The zero-order valence-corrected chi connectivity index (χ0v) is 9.38. The highest BCUT2D eigenvalue weighted by Gasteiger charge is 2.05. The Hall–Kier alpha value is -0.640. The van der Waals surface area contributed by atoms with Gasteiger partial charge in [-0.1, -0.05) is 6.07 Å². The maximum Gasteiger partial charge on any atom is 0.0406 e. The molecular weight excluding hydrogens is 221 g/mol. The normalized spacial score (nSPS) is 13.7. The lowest BCUT2D eigenvalue weighted by molar-refractivity contribution is 0.725. The third kappa shape index (κ3) is 2.94. The van der Waals surface area contributed by atoms with E-state index in [9.17, 15) is 0 Å². The van der Waals surface area contributed by atoms with Gasteiger partial charge in [-0.05, 0) is 17.7 Å². The van der Waals surface area contributed by atoms with E-state index < -0.39 is 0 Å². The Balaban J connectivity index is 0.000000845. The molecule has 0 fully saturated rings. The number of halogens is 2. The number of anilines is 2. The number of rotatable bonds is 0. The lowest BCUT2D eigenvalue weighted by Crippen LogP contribution is -2.16. The summed E-state index contributed by atoms with van der Waals surface area (Å²) in [4.78, 5) is 0. The molecule has 4 N–H and O–H groups in total. The van der Waals surface area contributed by atoms with Crippen molar-refractivity contribution in [1.29, 1.82) is 0 Å². The molecule has 0 bridgehead atoms. The van der Waals surface area contributed by atoms with Crippen LogP contribution in [-0.4, -0.2) is 13.1 Å². The summed E-state index contributed by atoms with van der Waals surface area (Å²) in [5.74, 6) is 0. The van der Waals surface area contributed by atoms with Crippen molar-refractivity contribution < 1.29 is 0 Å². The van der Waals surface area contributed by atoms with Gasteiger partial charge in [-0.2, -0.15) is 0 Å². The largest absolute Gasteiger partial charge is 0.399 e. The van der Waals surface area contributed by atoms with E-state index in [4.69, 9.17) is 5.73 Å². The number of hydrogen-bond acceptors (Lipinski definition) is 3. The van der Waals surface area contributed by atoms with Crippen LogP contribution in [-0.2, 0) is 6.54 Å². The second-order valence-corrected chi connectivity index (χ2v) is 3.02. The first-order chi connectivity index (χ1) is 5.86. The number of fused-ring (bicyclic) bond motifs is 1. The number of hydrogen-bond donors (Lipinski definition) is 3.